The number of aromatic amines is 1. The molecule has 2 aromatic carbocycles. The molecule has 154 valence electrons. The lowest BCUT2D eigenvalue weighted by Crippen LogP contribution is -2.36. The molecule has 0 atom stereocenters. The molecule has 0 amide bonds. The Labute approximate surface area is 180 Å². The molecule has 6 nitrogen and oxygen atoms in total. The van der Waals surface area contributed by atoms with Crippen molar-refractivity contribution in [2.75, 3.05) is 36.5 Å². The third kappa shape index (κ3) is 3.31. The van der Waals surface area contributed by atoms with Crippen LogP contribution in [0.5, 0.6) is 0 Å². The zero-order valence-electron chi connectivity index (χ0n) is 17.1. The van der Waals surface area contributed by atoms with Gasteiger partial charge < -0.3 is 19.9 Å². The standard InChI is InChI=1S/C25H23N5O/c1-2-19(17-23-18(1)9-10-26-23)24-8-7-22(25-27-11-12-30(24)25)28-20-3-5-21(6-4-20)29-13-15-31-16-14-29/h1-12,17,26,28H,13-16H2. The Morgan fingerprint density at radius 3 is 2.68 bits per heavy atom. The van der Waals surface area contributed by atoms with Gasteiger partial charge in [-0.1, -0.05) is 12.1 Å². The lowest BCUT2D eigenvalue weighted by molar-refractivity contribution is 0.122. The van der Waals surface area contributed by atoms with Crippen molar-refractivity contribution in [3.8, 4) is 11.3 Å². The van der Waals surface area contributed by atoms with Gasteiger partial charge in [0.2, 0.25) is 0 Å². The zero-order valence-corrected chi connectivity index (χ0v) is 17.1. The number of morpholine rings is 1. The lowest BCUT2D eigenvalue weighted by Gasteiger charge is -2.29. The number of anilines is 3. The second-order valence-electron chi connectivity index (χ2n) is 7.80. The topological polar surface area (TPSA) is 57.6 Å². The van der Waals surface area contributed by atoms with Crippen LogP contribution in [0.25, 0.3) is 27.8 Å². The monoisotopic (exact) mass is 409 g/mol. The molecular weight excluding hydrogens is 386 g/mol. The SMILES string of the molecule is c1cn2c(-c3ccc4cc[nH]c4c3)ccc(Nc3ccc(N4CCOCC4)cc3)c2n1. The van der Waals surface area contributed by atoms with Gasteiger partial charge >= 0.3 is 0 Å². The predicted octanol–water partition coefficient (Wildman–Crippen LogP) is 5.06. The minimum absolute atomic E-state index is 0.793. The molecule has 0 bridgehead atoms. The van der Waals surface area contributed by atoms with Gasteiger partial charge in [0, 0.05) is 54.1 Å². The van der Waals surface area contributed by atoms with Crippen molar-refractivity contribution < 1.29 is 4.74 Å². The third-order valence-corrected chi connectivity index (χ3v) is 5.92. The number of nitrogens with zero attached hydrogens (tertiary/aromatic N) is 3. The van der Waals surface area contributed by atoms with Crippen LogP contribution in [0.2, 0.25) is 0 Å². The van der Waals surface area contributed by atoms with E-state index in [1.54, 1.807) is 0 Å². The molecule has 1 aliphatic rings. The molecule has 4 heterocycles. The Bertz CT molecular complexity index is 1350. The number of ether oxygens (including phenoxy) is 1. The van der Waals surface area contributed by atoms with E-state index in [-0.39, 0.29) is 0 Å². The number of H-pyrrole nitrogens is 1. The number of aromatic nitrogens is 3. The molecule has 3 aromatic heterocycles. The van der Waals surface area contributed by atoms with Crippen LogP contribution >= 0.6 is 0 Å². The van der Waals surface area contributed by atoms with Crippen molar-refractivity contribution in [3.05, 3.63) is 79.3 Å². The van der Waals surface area contributed by atoms with E-state index >= 15 is 0 Å². The smallest absolute Gasteiger partial charge is 0.161 e. The Kier molecular flexibility index (Phi) is 4.35. The Hall–Kier alpha value is -3.77. The second kappa shape index (κ2) is 7.49. The first-order chi connectivity index (χ1) is 15.3. The molecular formula is C25H23N5O. The number of nitrogens with one attached hydrogen (secondary N) is 2. The molecule has 0 saturated carbocycles. The van der Waals surface area contributed by atoms with Gasteiger partial charge in [0.05, 0.1) is 24.6 Å². The summed E-state index contributed by atoms with van der Waals surface area (Å²) in [6.07, 6.45) is 5.83. The van der Waals surface area contributed by atoms with Crippen molar-refractivity contribution in [1.29, 1.82) is 0 Å². The molecule has 0 spiro atoms. The number of imidazole rings is 1. The van der Waals surface area contributed by atoms with Gasteiger partial charge in [-0.05, 0) is 53.9 Å². The van der Waals surface area contributed by atoms with Gasteiger partial charge in [-0.15, -0.1) is 0 Å². The van der Waals surface area contributed by atoms with Gasteiger partial charge in [-0.25, -0.2) is 4.98 Å². The number of hydrogen-bond acceptors (Lipinski definition) is 4. The highest BCUT2D eigenvalue weighted by Gasteiger charge is 2.12. The van der Waals surface area contributed by atoms with E-state index in [0.717, 1.165) is 60.1 Å². The summed E-state index contributed by atoms with van der Waals surface area (Å²) in [4.78, 5) is 10.3. The van der Waals surface area contributed by atoms with Gasteiger partial charge in [0.25, 0.3) is 0 Å². The first-order valence-electron chi connectivity index (χ1n) is 10.6. The molecule has 0 radical (unpaired) electrons. The molecule has 31 heavy (non-hydrogen) atoms. The summed E-state index contributed by atoms with van der Waals surface area (Å²) in [5, 5.41) is 4.75. The fraction of sp³-hybridized carbons (Fsp3) is 0.160. The molecule has 1 saturated heterocycles. The van der Waals surface area contributed by atoms with Gasteiger partial charge in [0.15, 0.2) is 5.65 Å². The van der Waals surface area contributed by atoms with Crippen LogP contribution in [0.1, 0.15) is 0 Å². The average Bonchev–Trinajstić information content (AvgIpc) is 3.50. The quantitative estimate of drug-likeness (QED) is 0.435. The van der Waals surface area contributed by atoms with Gasteiger partial charge in [-0.3, -0.25) is 4.40 Å². The summed E-state index contributed by atoms with van der Waals surface area (Å²) >= 11 is 0. The first-order valence-corrected chi connectivity index (χ1v) is 10.6. The van der Waals surface area contributed by atoms with Crippen LogP contribution in [0, 0.1) is 0 Å². The van der Waals surface area contributed by atoms with Crippen LogP contribution in [-0.4, -0.2) is 40.7 Å². The Balaban J connectivity index is 1.30. The first kappa shape index (κ1) is 18.0. The van der Waals surface area contributed by atoms with E-state index in [2.05, 4.69) is 85.2 Å². The van der Waals surface area contributed by atoms with Gasteiger partial charge in [0.1, 0.15) is 0 Å². The summed E-state index contributed by atoms with van der Waals surface area (Å²) in [6, 6.07) is 21.4. The minimum atomic E-state index is 0.793. The summed E-state index contributed by atoms with van der Waals surface area (Å²) < 4.78 is 7.58. The van der Waals surface area contributed by atoms with Crippen LogP contribution in [-0.2, 0) is 4.74 Å². The summed E-state index contributed by atoms with van der Waals surface area (Å²) in [6.45, 7) is 3.47. The Morgan fingerprint density at radius 2 is 1.81 bits per heavy atom. The fourth-order valence-electron chi connectivity index (χ4n) is 4.29. The summed E-state index contributed by atoms with van der Waals surface area (Å²) in [7, 11) is 0. The predicted molar refractivity (Wildman–Crippen MR) is 125 cm³/mol. The number of hydrogen-bond donors (Lipinski definition) is 2. The average molecular weight is 409 g/mol. The number of rotatable bonds is 4. The second-order valence-corrected chi connectivity index (χ2v) is 7.80. The number of pyridine rings is 1. The van der Waals surface area contributed by atoms with E-state index < -0.39 is 0 Å². The fourth-order valence-corrected chi connectivity index (χ4v) is 4.29. The van der Waals surface area contributed by atoms with E-state index in [4.69, 9.17) is 4.74 Å². The molecule has 6 rings (SSSR count). The maximum atomic E-state index is 5.45. The van der Waals surface area contributed by atoms with Crippen LogP contribution in [0.3, 0.4) is 0 Å². The van der Waals surface area contributed by atoms with Crippen LogP contribution in [0.15, 0.2) is 79.3 Å². The number of benzene rings is 2. The van der Waals surface area contributed by atoms with E-state index in [1.165, 1.54) is 11.1 Å². The zero-order chi connectivity index (χ0) is 20.6. The Morgan fingerprint density at radius 1 is 0.935 bits per heavy atom. The lowest BCUT2D eigenvalue weighted by atomic mass is 10.1. The minimum Gasteiger partial charge on any atom is -0.378 e. The summed E-state index contributed by atoms with van der Waals surface area (Å²) in [5.74, 6) is 0. The molecule has 1 fully saturated rings. The molecule has 5 aromatic rings. The van der Waals surface area contributed by atoms with Crippen molar-refractivity contribution >= 4 is 33.6 Å². The highest BCUT2D eigenvalue weighted by Crippen LogP contribution is 2.29. The molecule has 6 heteroatoms. The van der Waals surface area contributed by atoms with Crippen LogP contribution < -0.4 is 10.2 Å². The maximum absolute atomic E-state index is 5.45. The van der Waals surface area contributed by atoms with Crippen molar-refractivity contribution in [1.82, 2.24) is 14.4 Å². The van der Waals surface area contributed by atoms with E-state index in [9.17, 15) is 0 Å². The largest absolute Gasteiger partial charge is 0.378 e. The van der Waals surface area contributed by atoms with E-state index in [1.807, 2.05) is 18.6 Å². The highest BCUT2D eigenvalue weighted by molar-refractivity contribution is 5.85. The van der Waals surface area contributed by atoms with Crippen molar-refractivity contribution in [2.45, 2.75) is 0 Å². The highest BCUT2D eigenvalue weighted by atomic mass is 16.5. The third-order valence-electron chi connectivity index (χ3n) is 5.92. The molecule has 0 unspecified atom stereocenters. The van der Waals surface area contributed by atoms with Crippen molar-refractivity contribution in [3.63, 3.8) is 0 Å². The number of fused-ring (bicyclic) bond motifs is 2. The van der Waals surface area contributed by atoms with E-state index in [0.29, 0.717) is 0 Å². The molecule has 1 aliphatic heterocycles. The van der Waals surface area contributed by atoms with Crippen LogP contribution in [0.4, 0.5) is 17.1 Å². The van der Waals surface area contributed by atoms with Crippen molar-refractivity contribution in [2.24, 2.45) is 0 Å². The molecule has 0 aliphatic carbocycles. The maximum Gasteiger partial charge on any atom is 0.161 e. The summed E-state index contributed by atoms with van der Waals surface area (Å²) in [5.41, 5.74) is 7.55. The van der Waals surface area contributed by atoms with Gasteiger partial charge in [-0.2, -0.15) is 0 Å². The molecule has 2 N–H and O–H groups in total. The normalized spacial score (nSPS) is 14.4.